The summed E-state index contributed by atoms with van der Waals surface area (Å²) in [6, 6.07) is 37.4. The standard InChI is InChI=1S/C35H29ClN4O2/c36-31-24-25(16-20-37-31)33-32-30(17-21-38-34(32)42-29-18-22-41-23-19-29)40(39-33)35(26-10-4-1-5-11-26,27-12-6-2-7-13-27)28-14-8-3-9-15-28/h1-17,20-21,24,29H,18-19,22-23H2. The van der Waals surface area contributed by atoms with E-state index in [1.165, 1.54) is 0 Å². The number of ether oxygens (including phenoxy) is 2. The molecule has 3 aromatic heterocycles. The van der Waals surface area contributed by atoms with Crippen molar-refractivity contribution in [2.45, 2.75) is 24.5 Å². The van der Waals surface area contributed by atoms with E-state index in [2.05, 4.69) is 82.5 Å². The van der Waals surface area contributed by atoms with Crippen molar-refractivity contribution in [1.29, 1.82) is 0 Å². The van der Waals surface area contributed by atoms with E-state index in [9.17, 15) is 0 Å². The van der Waals surface area contributed by atoms with E-state index in [-0.39, 0.29) is 6.10 Å². The summed E-state index contributed by atoms with van der Waals surface area (Å²) in [5.74, 6) is 0.552. The van der Waals surface area contributed by atoms with Crippen LogP contribution in [0.3, 0.4) is 0 Å². The van der Waals surface area contributed by atoms with E-state index in [0.29, 0.717) is 24.2 Å². The molecule has 7 rings (SSSR count). The highest BCUT2D eigenvalue weighted by Gasteiger charge is 2.41. The third-order valence-corrected chi connectivity index (χ3v) is 8.10. The van der Waals surface area contributed by atoms with Gasteiger partial charge in [0.05, 0.1) is 24.1 Å². The van der Waals surface area contributed by atoms with Crippen LogP contribution < -0.4 is 4.74 Å². The third kappa shape index (κ3) is 4.63. The van der Waals surface area contributed by atoms with Gasteiger partial charge >= 0.3 is 0 Å². The summed E-state index contributed by atoms with van der Waals surface area (Å²) in [5, 5.41) is 6.67. The maximum Gasteiger partial charge on any atom is 0.225 e. The summed E-state index contributed by atoms with van der Waals surface area (Å²) in [5.41, 5.74) is 4.89. The lowest BCUT2D eigenvalue weighted by atomic mass is 9.77. The van der Waals surface area contributed by atoms with Gasteiger partial charge in [-0.05, 0) is 34.9 Å². The first-order valence-corrected chi connectivity index (χ1v) is 14.5. The maximum atomic E-state index is 6.61. The van der Waals surface area contributed by atoms with Gasteiger partial charge in [0, 0.05) is 30.8 Å². The monoisotopic (exact) mass is 572 g/mol. The molecule has 0 spiro atoms. The lowest BCUT2D eigenvalue weighted by Gasteiger charge is -2.37. The Morgan fingerprint density at radius 3 is 1.88 bits per heavy atom. The summed E-state index contributed by atoms with van der Waals surface area (Å²) in [6.07, 6.45) is 5.15. The van der Waals surface area contributed by atoms with E-state index in [4.69, 9.17) is 31.2 Å². The van der Waals surface area contributed by atoms with Crippen molar-refractivity contribution in [2.24, 2.45) is 0 Å². The van der Waals surface area contributed by atoms with Gasteiger partial charge in [-0.1, -0.05) is 103 Å². The van der Waals surface area contributed by atoms with Crippen molar-refractivity contribution >= 4 is 22.5 Å². The van der Waals surface area contributed by atoms with E-state index in [0.717, 1.165) is 51.7 Å². The molecule has 42 heavy (non-hydrogen) atoms. The molecule has 0 amide bonds. The van der Waals surface area contributed by atoms with E-state index >= 15 is 0 Å². The van der Waals surface area contributed by atoms with Crippen LogP contribution in [0.15, 0.2) is 122 Å². The van der Waals surface area contributed by atoms with Gasteiger partial charge in [-0.3, -0.25) is 0 Å². The van der Waals surface area contributed by atoms with Crippen molar-refractivity contribution in [3.8, 4) is 17.1 Å². The molecule has 7 heteroatoms. The summed E-state index contributed by atoms with van der Waals surface area (Å²) in [7, 11) is 0. The molecule has 4 heterocycles. The summed E-state index contributed by atoms with van der Waals surface area (Å²) < 4.78 is 14.3. The van der Waals surface area contributed by atoms with E-state index < -0.39 is 5.54 Å². The third-order valence-electron chi connectivity index (χ3n) is 7.90. The Morgan fingerprint density at radius 2 is 1.31 bits per heavy atom. The number of halogens is 1. The van der Waals surface area contributed by atoms with Gasteiger partial charge < -0.3 is 9.47 Å². The Kier molecular flexibility index (Phi) is 7.16. The van der Waals surface area contributed by atoms with Gasteiger partial charge in [-0.15, -0.1) is 0 Å². The molecule has 1 fully saturated rings. The zero-order chi connectivity index (χ0) is 28.4. The van der Waals surface area contributed by atoms with Crippen LogP contribution in [0.5, 0.6) is 5.88 Å². The minimum atomic E-state index is -0.811. The number of hydrogen-bond donors (Lipinski definition) is 0. The summed E-state index contributed by atoms with van der Waals surface area (Å²) in [4.78, 5) is 8.99. The molecule has 6 aromatic rings. The van der Waals surface area contributed by atoms with E-state index in [1.807, 2.05) is 42.6 Å². The highest BCUT2D eigenvalue weighted by atomic mass is 35.5. The van der Waals surface area contributed by atoms with Crippen LogP contribution in [0.25, 0.3) is 22.2 Å². The second-order valence-corrected chi connectivity index (χ2v) is 10.8. The Hall–Kier alpha value is -4.52. The summed E-state index contributed by atoms with van der Waals surface area (Å²) in [6.45, 7) is 1.34. The van der Waals surface area contributed by atoms with Crippen LogP contribution >= 0.6 is 11.6 Å². The first-order valence-electron chi connectivity index (χ1n) is 14.2. The number of rotatable bonds is 7. The minimum Gasteiger partial charge on any atom is -0.474 e. The Balaban J connectivity index is 1.59. The molecule has 6 nitrogen and oxygen atoms in total. The summed E-state index contributed by atoms with van der Waals surface area (Å²) >= 11 is 6.42. The Morgan fingerprint density at radius 1 is 0.738 bits per heavy atom. The van der Waals surface area contributed by atoms with Crippen LogP contribution in [0, 0.1) is 0 Å². The van der Waals surface area contributed by atoms with Crippen LogP contribution in [-0.4, -0.2) is 39.1 Å². The molecule has 1 aliphatic heterocycles. The number of nitrogens with zero attached hydrogens (tertiary/aromatic N) is 4. The fraction of sp³-hybridized carbons (Fsp3) is 0.171. The first-order chi connectivity index (χ1) is 20.7. The number of hydrogen-bond acceptors (Lipinski definition) is 5. The van der Waals surface area contributed by atoms with Gasteiger partial charge in [-0.25, -0.2) is 14.6 Å². The molecule has 3 aromatic carbocycles. The molecule has 1 saturated heterocycles. The normalized spacial score (nSPS) is 14.2. The van der Waals surface area contributed by atoms with Crippen molar-refractivity contribution in [2.75, 3.05) is 13.2 Å². The zero-order valence-electron chi connectivity index (χ0n) is 22.9. The molecule has 0 radical (unpaired) electrons. The van der Waals surface area contributed by atoms with Crippen LogP contribution in [0.2, 0.25) is 5.15 Å². The topological polar surface area (TPSA) is 62.1 Å². The van der Waals surface area contributed by atoms with Gasteiger partial charge in [0.15, 0.2) is 0 Å². The average molecular weight is 573 g/mol. The zero-order valence-corrected chi connectivity index (χ0v) is 23.7. The predicted molar refractivity (Wildman–Crippen MR) is 165 cm³/mol. The fourth-order valence-corrected chi connectivity index (χ4v) is 6.16. The molecule has 0 atom stereocenters. The van der Waals surface area contributed by atoms with Crippen molar-refractivity contribution in [1.82, 2.24) is 19.7 Å². The first kappa shape index (κ1) is 26.4. The molecular formula is C35H29ClN4O2. The molecule has 0 saturated carbocycles. The van der Waals surface area contributed by atoms with Gasteiger partial charge in [0.2, 0.25) is 5.88 Å². The van der Waals surface area contributed by atoms with Crippen molar-refractivity contribution < 1.29 is 9.47 Å². The molecule has 208 valence electrons. The average Bonchev–Trinajstić information content (AvgIpc) is 3.45. The van der Waals surface area contributed by atoms with Crippen molar-refractivity contribution in [3.63, 3.8) is 0 Å². The number of aromatic nitrogens is 4. The Labute approximate surface area is 249 Å². The van der Waals surface area contributed by atoms with Crippen LogP contribution in [0.4, 0.5) is 0 Å². The lowest BCUT2D eigenvalue weighted by molar-refractivity contribution is 0.0244. The minimum absolute atomic E-state index is 0.0104. The van der Waals surface area contributed by atoms with Gasteiger partial charge in [0.25, 0.3) is 0 Å². The smallest absolute Gasteiger partial charge is 0.225 e. The highest BCUT2D eigenvalue weighted by molar-refractivity contribution is 6.29. The van der Waals surface area contributed by atoms with Crippen LogP contribution in [-0.2, 0) is 10.3 Å². The highest BCUT2D eigenvalue weighted by Crippen LogP contribution is 2.45. The molecule has 0 bridgehead atoms. The maximum absolute atomic E-state index is 6.61. The molecule has 0 aliphatic carbocycles. The van der Waals surface area contributed by atoms with Gasteiger partial charge in [0.1, 0.15) is 22.5 Å². The molecule has 0 N–H and O–H groups in total. The van der Waals surface area contributed by atoms with E-state index in [1.54, 1.807) is 6.20 Å². The van der Waals surface area contributed by atoms with Crippen molar-refractivity contribution in [3.05, 3.63) is 143 Å². The molecule has 1 aliphatic rings. The fourth-order valence-electron chi connectivity index (χ4n) is 5.99. The van der Waals surface area contributed by atoms with Crippen LogP contribution in [0.1, 0.15) is 29.5 Å². The molecule has 0 unspecified atom stereocenters. The largest absolute Gasteiger partial charge is 0.474 e. The SMILES string of the molecule is Clc1cc(-c2nn(C(c3ccccc3)(c3ccccc3)c3ccccc3)c3ccnc(OC4CCOCC4)c23)ccn1. The lowest BCUT2D eigenvalue weighted by Crippen LogP contribution is -2.38. The number of fused-ring (bicyclic) bond motifs is 1. The second-order valence-electron chi connectivity index (χ2n) is 10.4. The quantitative estimate of drug-likeness (QED) is 0.146. The van der Waals surface area contributed by atoms with Gasteiger partial charge in [-0.2, -0.15) is 5.10 Å². The molecular weight excluding hydrogens is 544 g/mol. The Bertz CT molecular complexity index is 1710. The number of pyridine rings is 2. The number of benzene rings is 3. The predicted octanol–water partition coefficient (Wildman–Crippen LogP) is 7.54. The second kappa shape index (κ2) is 11.4.